The molecule has 1 amide bonds. The summed E-state index contributed by atoms with van der Waals surface area (Å²) in [6.07, 6.45) is 2.79. The molecular weight excluding hydrogens is 422 g/mol. The largest absolute Gasteiger partial charge is 0.505 e. The Morgan fingerprint density at radius 2 is 1.88 bits per heavy atom. The molecule has 3 aromatic rings. The van der Waals surface area contributed by atoms with E-state index in [1.54, 1.807) is 30.3 Å². The molecule has 1 heterocycles. The summed E-state index contributed by atoms with van der Waals surface area (Å²) in [6, 6.07) is 14.5. The highest BCUT2D eigenvalue weighted by Crippen LogP contribution is 2.34. The second kappa shape index (κ2) is 9.97. The second-order valence-electron chi connectivity index (χ2n) is 8.12. The number of hydrogen-bond acceptors (Lipinski definition) is 7. The van der Waals surface area contributed by atoms with E-state index in [1.165, 1.54) is 7.11 Å². The van der Waals surface area contributed by atoms with Gasteiger partial charge < -0.3 is 20.0 Å². The van der Waals surface area contributed by atoms with Gasteiger partial charge >= 0.3 is 0 Å². The molecule has 1 aliphatic rings. The lowest BCUT2D eigenvalue weighted by atomic mass is 9.82. The van der Waals surface area contributed by atoms with E-state index >= 15 is 0 Å². The summed E-state index contributed by atoms with van der Waals surface area (Å²) >= 11 is 0. The number of fused-ring (bicyclic) bond motifs is 1. The molecule has 0 unspecified atom stereocenters. The fraction of sp³-hybridized carbons (Fsp3) is 0.320. The maximum atomic E-state index is 12.8. The van der Waals surface area contributed by atoms with Crippen molar-refractivity contribution in [1.82, 2.24) is 15.4 Å². The van der Waals surface area contributed by atoms with Crippen molar-refractivity contribution in [2.45, 2.75) is 25.8 Å². The van der Waals surface area contributed by atoms with Gasteiger partial charge in [0.2, 0.25) is 0 Å². The van der Waals surface area contributed by atoms with Gasteiger partial charge in [0.15, 0.2) is 17.2 Å². The number of pyridine rings is 1. The highest BCUT2D eigenvalue weighted by Gasteiger charge is 2.26. The quantitative estimate of drug-likeness (QED) is 0.479. The molecule has 1 fully saturated rings. The molecule has 0 saturated heterocycles. The summed E-state index contributed by atoms with van der Waals surface area (Å²) in [6.45, 7) is 0.198. The molecule has 1 saturated carbocycles. The van der Waals surface area contributed by atoms with E-state index in [9.17, 15) is 14.7 Å². The van der Waals surface area contributed by atoms with Crippen LogP contribution in [-0.4, -0.2) is 47.5 Å². The van der Waals surface area contributed by atoms with Gasteiger partial charge in [-0.05, 0) is 43.2 Å². The summed E-state index contributed by atoms with van der Waals surface area (Å²) < 4.78 is 5.92. The van der Waals surface area contributed by atoms with Gasteiger partial charge in [0.05, 0.1) is 25.9 Å². The van der Waals surface area contributed by atoms with Crippen LogP contribution < -0.4 is 10.1 Å². The Morgan fingerprint density at radius 1 is 1.12 bits per heavy atom. The third kappa shape index (κ3) is 5.13. The Labute approximate surface area is 192 Å². The van der Waals surface area contributed by atoms with Crippen LogP contribution in [-0.2, 0) is 16.2 Å². The van der Waals surface area contributed by atoms with Crippen LogP contribution in [0, 0.1) is 5.92 Å². The minimum atomic E-state index is -0.590. The summed E-state index contributed by atoms with van der Waals surface area (Å²) in [5.41, 5.74) is 0.404. The maximum Gasteiger partial charge on any atom is 0.274 e. The number of para-hydroxylation sites is 1. The predicted molar refractivity (Wildman–Crippen MR) is 123 cm³/mol. The zero-order valence-electron chi connectivity index (χ0n) is 18.7. The van der Waals surface area contributed by atoms with Crippen LogP contribution in [0.2, 0.25) is 0 Å². The third-order valence-electron chi connectivity index (χ3n) is 5.89. The van der Waals surface area contributed by atoms with Gasteiger partial charge in [0, 0.05) is 23.7 Å². The number of nitrogens with one attached hydrogen (secondary N) is 1. The van der Waals surface area contributed by atoms with Crippen molar-refractivity contribution >= 4 is 22.5 Å². The summed E-state index contributed by atoms with van der Waals surface area (Å²) in [4.78, 5) is 34.6. The zero-order valence-corrected chi connectivity index (χ0v) is 18.7. The number of hydroxylamine groups is 2. The first-order chi connectivity index (χ1) is 16.0. The molecular formula is C25H27N3O5. The molecule has 33 heavy (non-hydrogen) atoms. The standard InChI is InChI=1S/C25H27N3O5/c1-28(32-2)15-21-20-13-18(33-17-9-4-3-5-10-17)11-12-19(20)24(30)23(27-21)25(31)26-14-22(29)16-7-6-8-16/h3-5,9-13,16,30H,6-8,14-15H2,1-2H3,(H,26,31). The summed E-state index contributed by atoms with van der Waals surface area (Å²) in [5, 5.41) is 16.1. The van der Waals surface area contributed by atoms with E-state index in [2.05, 4.69) is 10.3 Å². The number of rotatable bonds is 9. The van der Waals surface area contributed by atoms with Gasteiger partial charge in [0.1, 0.15) is 11.5 Å². The summed E-state index contributed by atoms with van der Waals surface area (Å²) in [7, 11) is 3.27. The van der Waals surface area contributed by atoms with Crippen molar-refractivity contribution in [1.29, 1.82) is 0 Å². The number of amides is 1. The highest BCUT2D eigenvalue weighted by atomic mass is 16.7. The van der Waals surface area contributed by atoms with E-state index in [4.69, 9.17) is 9.57 Å². The van der Waals surface area contributed by atoms with Gasteiger partial charge in [-0.3, -0.25) is 9.59 Å². The molecule has 8 heteroatoms. The van der Waals surface area contributed by atoms with Gasteiger partial charge in [-0.25, -0.2) is 4.98 Å². The predicted octanol–water partition coefficient (Wildman–Crippen LogP) is 3.82. The van der Waals surface area contributed by atoms with Crippen LogP contribution in [0.3, 0.4) is 0 Å². The number of ketones is 1. The van der Waals surface area contributed by atoms with Crippen LogP contribution in [0.4, 0.5) is 0 Å². The van der Waals surface area contributed by atoms with Crippen LogP contribution in [0.15, 0.2) is 48.5 Å². The first-order valence-electron chi connectivity index (χ1n) is 10.9. The number of hydrogen-bond donors (Lipinski definition) is 2. The van der Waals surface area contributed by atoms with Crippen molar-refractivity contribution in [3.8, 4) is 17.2 Å². The minimum absolute atomic E-state index is 0.0110. The number of Topliss-reactive ketones (excluding diaryl/α,β-unsaturated/α-hetero) is 1. The topological polar surface area (TPSA) is 101 Å². The number of benzene rings is 2. The van der Waals surface area contributed by atoms with Crippen molar-refractivity contribution in [3.63, 3.8) is 0 Å². The normalized spacial score (nSPS) is 13.7. The van der Waals surface area contributed by atoms with Gasteiger partial charge in [0.25, 0.3) is 5.91 Å². The SMILES string of the molecule is CON(C)Cc1nc(C(=O)NCC(=O)C2CCC2)c(O)c2ccc(Oc3ccccc3)cc12. The molecule has 4 rings (SSSR count). The van der Waals surface area contributed by atoms with E-state index in [-0.39, 0.29) is 36.2 Å². The molecule has 0 aliphatic heterocycles. The number of nitrogens with zero attached hydrogens (tertiary/aromatic N) is 2. The number of aromatic hydroxyl groups is 1. The fourth-order valence-electron chi connectivity index (χ4n) is 3.71. The zero-order chi connectivity index (χ0) is 23.4. The number of carbonyl (C=O) groups is 2. The fourth-order valence-corrected chi connectivity index (χ4v) is 3.71. The van der Waals surface area contributed by atoms with Gasteiger partial charge in [-0.15, -0.1) is 0 Å². The lowest BCUT2D eigenvalue weighted by molar-refractivity contribution is -0.124. The number of carbonyl (C=O) groups excluding carboxylic acids is 2. The van der Waals surface area contributed by atoms with Crippen molar-refractivity contribution < 1.29 is 24.3 Å². The average molecular weight is 450 g/mol. The monoisotopic (exact) mass is 449 g/mol. The van der Waals surface area contributed by atoms with E-state index in [0.717, 1.165) is 19.3 Å². The number of ether oxygens (including phenoxy) is 1. The Morgan fingerprint density at radius 3 is 2.55 bits per heavy atom. The Kier molecular flexibility index (Phi) is 6.86. The smallest absolute Gasteiger partial charge is 0.274 e. The van der Waals surface area contributed by atoms with E-state index < -0.39 is 5.91 Å². The Balaban J connectivity index is 1.66. The molecule has 0 atom stereocenters. The van der Waals surface area contributed by atoms with E-state index in [1.807, 2.05) is 30.3 Å². The molecule has 1 aliphatic carbocycles. The van der Waals surface area contributed by atoms with Gasteiger partial charge in [-0.1, -0.05) is 24.6 Å². The molecule has 1 aromatic heterocycles. The van der Waals surface area contributed by atoms with Crippen molar-refractivity contribution in [2.24, 2.45) is 5.92 Å². The average Bonchev–Trinajstić information content (AvgIpc) is 2.78. The maximum absolute atomic E-state index is 12.8. The Bertz CT molecular complexity index is 1160. The van der Waals surface area contributed by atoms with Gasteiger partial charge in [-0.2, -0.15) is 5.06 Å². The second-order valence-corrected chi connectivity index (χ2v) is 8.12. The Hall–Kier alpha value is -3.49. The molecule has 2 N–H and O–H groups in total. The molecule has 2 aromatic carbocycles. The van der Waals surface area contributed by atoms with Crippen LogP contribution in [0.5, 0.6) is 17.2 Å². The lowest BCUT2D eigenvalue weighted by Gasteiger charge is -2.23. The van der Waals surface area contributed by atoms with Crippen LogP contribution in [0.1, 0.15) is 35.4 Å². The molecule has 8 nitrogen and oxygen atoms in total. The van der Waals surface area contributed by atoms with Crippen molar-refractivity contribution in [3.05, 3.63) is 59.9 Å². The van der Waals surface area contributed by atoms with E-state index in [0.29, 0.717) is 28.0 Å². The highest BCUT2D eigenvalue weighted by molar-refractivity contribution is 6.03. The minimum Gasteiger partial charge on any atom is -0.505 e. The molecule has 172 valence electrons. The molecule has 0 radical (unpaired) electrons. The number of aromatic nitrogens is 1. The first kappa shape index (κ1) is 22.7. The van der Waals surface area contributed by atoms with Crippen LogP contribution in [0.25, 0.3) is 10.8 Å². The first-order valence-corrected chi connectivity index (χ1v) is 10.9. The third-order valence-corrected chi connectivity index (χ3v) is 5.89. The molecule has 0 spiro atoms. The van der Waals surface area contributed by atoms with Crippen LogP contribution >= 0.6 is 0 Å². The van der Waals surface area contributed by atoms with Crippen molar-refractivity contribution in [2.75, 3.05) is 20.7 Å². The lowest BCUT2D eigenvalue weighted by Crippen LogP contribution is -2.35. The molecule has 0 bridgehead atoms. The summed E-state index contributed by atoms with van der Waals surface area (Å²) in [5.74, 6) is 0.451.